The normalized spacial score (nSPS) is 13.0. The predicted octanol–water partition coefficient (Wildman–Crippen LogP) is 7.04. The number of aliphatic hydroxyl groups is 1. The van der Waals surface area contributed by atoms with Crippen LogP contribution in [0.15, 0.2) is 12.2 Å². The summed E-state index contributed by atoms with van der Waals surface area (Å²) in [6.07, 6.45) is 24.8. The van der Waals surface area contributed by atoms with Crippen LogP contribution in [0.2, 0.25) is 0 Å². The van der Waals surface area contributed by atoms with E-state index in [9.17, 15) is 0 Å². The molecule has 0 radical (unpaired) electrons. The van der Waals surface area contributed by atoms with Crippen molar-refractivity contribution < 1.29 is 5.11 Å². The summed E-state index contributed by atoms with van der Waals surface area (Å²) >= 11 is 0. The van der Waals surface area contributed by atoms with Gasteiger partial charge in [0.05, 0.1) is 0 Å². The lowest BCUT2D eigenvalue weighted by molar-refractivity contribution is 0.302. The summed E-state index contributed by atoms with van der Waals surface area (Å²) in [5.74, 6) is 0.874. The second-order valence-electron chi connectivity index (χ2n) is 6.84. The van der Waals surface area contributed by atoms with Gasteiger partial charge in [0.25, 0.3) is 0 Å². The molecule has 0 amide bonds. The molecule has 1 atom stereocenters. The van der Waals surface area contributed by atoms with Gasteiger partial charge in [-0.2, -0.15) is 0 Å². The molecule has 0 saturated heterocycles. The highest BCUT2D eigenvalue weighted by Crippen LogP contribution is 2.21. The fourth-order valence-corrected chi connectivity index (χ4v) is 3.10. The van der Waals surface area contributed by atoms with Gasteiger partial charge in [0.2, 0.25) is 0 Å². The maximum Gasteiger partial charge on any atom is 0.0465 e. The van der Waals surface area contributed by atoms with Gasteiger partial charge in [-0.15, -0.1) is 0 Å². The molecule has 0 aromatic rings. The highest BCUT2D eigenvalue weighted by Gasteiger charge is 2.06. The van der Waals surface area contributed by atoms with Crippen LogP contribution in [0.25, 0.3) is 0 Å². The van der Waals surface area contributed by atoms with E-state index in [-0.39, 0.29) is 6.61 Å². The van der Waals surface area contributed by atoms with Crippen molar-refractivity contribution in [3.05, 3.63) is 12.2 Å². The van der Waals surface area contributed by atoms with Gasteiger partial charge in [-0.25, -0.2) is 0 Å². The molecule has 132 valence electrons. The minimum Gasteiger partial charge on any atom is -0.396 e. The fraction of sp³-hybridized carbons (Fsp3) is 0.905. The highest BCUT2D eigenvalue weighted by molar-refractivity contribution is 4.83. The number of unbranched alkanes of at least 4 members (excludes halogenated alkanes) is 9. The number of hydrogen-bond acceptors (Lipinski definition) is 1. The van der Waals surface area contributed by atoms with Crippen LogP contribution in [0.4, 0.5) is 0 Å². The zero-order valence-corrected chi connectivity index (χ0v) is 15.5. The molecule has 0 aromatic carbocycles. The molecular formula is C21H42O. The Morgan fingerprint density at radius 1 is 0.682 bits per heavy atom. The van der Waals surface area contributed by atoms with Crippen LogP contribution in [0.1, 0.15) is 110 Å². The third-order valence-electron chi connectivity index (χ3n) is 4.61. The Morgan fingerprint density at radius 3 is 1.82 bits per heavy atom. The minimum atomic E-state index is 0.286. The summed E-state index contributed by atoms with van der Waals surface area (Å²) < 4.78 is 0. The van der Waals surface area contributed by atoms with E-state index in [0.717, 1.165) is 12.3 Å². The molecule has 1 N–H and O–H groups in total. The van der Waals surface area contributed by atoms with Crippen LogP contribution in [-0.4, -0.2) is 11.7 Å². The Labute approximate surface area is 140 Å². The molecular weight excluding hydrogens is 268 g/mol. The van der Waals surface area contributed by atoms with Gasteiger partial charge in [-0.3, -0.25) is 0 Å². The van der Waals surface area contributed by atoms with Crippen LogP contribution < -0.4 is 0 Å². The molecule has 0 fully saturated rings. The summed E-state index contributed by atoms with van der Waals surface area (Å²) in [5, 5.41) is 8.81. The van der Waals surface area contributed by atoms with Crippen molar-refractivity contribution >= 4 is 0 Å². The molecule has 0 aromatic heterocycles. The second kappa shape index (κ2) is 18.7. The van der Waals surface area contributed by atoms with E-state index in [1.807, 2.05) is 0 Å². The van der Waals surface area contributed by atoms with Crippen LogP contribution in [-0.2, 0) is 0 Å². The van der Waals surface area contributed by atoms with E-state index in [1.165, 1.54) is 89.9 Å². The quantitative estimate of drug-likeness (QED) is 0.225. The Hall–Kier alpha value is -0.300. The molecule has 22 heavy (non-hydrogen) atoms. The van der Waals surface area contributed by atoms with Gasteiger partial charge < -0.3 is 5.11 Å². The molecule has 1 heteroatoms. The SMILES string of the molecule is CCCCCCCCCCCC(CC=CCCO)CCCC. The Kier molecular flexibility index (Phi) is 18.5. The average molecular weight is 311 g/mol. The van der Waals surface area contributed by atoms with Crippen molar-refractivity contribution in [2.24, 2.45) is 5.92 Å². The van der Waals surface area contributed by atoms with Gasteiger partial charge in [0.15, 0.2) is 0 Å². The van der Waals surface area contributed by atoms with Crippen LogP contribution in [0, 0.1) is 5.92 Å². The Bertz CT molecular complexity index is 222. The molecule has 1 unspecified atom stereocenters. The van der Waals surface area contributed by atoms with E-state index >= 15 is 0 Å². The summed E-state index contributed by atoms with van der Waals surface area (Å²) in [7, 11) is 0. The van der Waals surface area contributed by atoms with E-state index in [2.05, 4.69) is 26.0 Å². The molecule has 0 aliphatic heterocycles. The number of aliphatic hydroxyl groups excluding tert-OH is 1. The number of hydrogen-bond donors (Lipinski definition) is 1. The lowest BCUT2D eigenvalue weighted by Crippen LogP contribution is -1.99. The maximum atomic E-state index is 8.81. The van der Waals surface area contributed by atoms with Crippen molar-refractivity contribution in [1.29, 1.82) is 0 Å². The first kappa shape index (κ1) is 21.7. The van der Waals surface area contributed by atoms with Gasteiger partial charge in [0, 0.05) is 6.61 Å². The van der Waals surface area contributed by atoms with Gasteiger partial charge in [-0.1, -0.05) is 109 Å². The topological polar surface area (TPSA) is 20.2 Å². The van der Waals surface area contributed by atoms with Crippen molar-refractivity contribution in [3.8, 4) is 0 Å². The van der Waals surface area contributed by atoms with E-state index in [1.54, 1.807) is 0 Å². The zero-order valence-electron chi connectivity index (χ0n) is 15.5. The number of rotatable bonds is 17. The van der Waals surface area contributed by atoms with Crippen molar-refractivity contribution in [3.63, 3.8) is 0 Å². The molecule has 0 heterocycles. The first-order chi connectivity index (χ1) is 10.8. The third-order valence-corrected chi connectivity index (χ3v) is 4.61. The summed E-state index contributed by atoms with van der Waals surface area (Å²) in [6.45, 7) is 4.86. The van der Waals surface area contributed by atoms with Gasteiger partial charge in [-0.05, 0) is 18.8 Å². The highest BCUT2D eigenvalue weighted by atomic mass is 16.2. The molecule has 0 spiro atoms. The Balaban J connectivity index is 3.57. The summed E-state index contributed by atoms with van der Waals surface area (Å²) in [4.78, 5) is 0. The van der Waals surface area contributed by atoms with Crippen molar-refractivity contribution in [1.82, 2.24) is 0 Å². The third kappa shape index (κ3) is 16.1. The second-order valence-corrected chi connectivity index (χ2v) is 6.84. The van der Waals surface area contributed by atoms with E-state index in [0.29, 0.717) is 0 Å². The standard InChI is InChI=1S/C21H42O/c1-3-5-7-8-9-10-11-12-14-18-21(17-6-4-2)19-15-13-16-20-22/h13,15,21-22H,3-12,14,16-20H2,1-2H3. The molecule has 0 aliphatic rings. The first-order valence-electron chi connectivity index (χ1n) is 10.1. The molecule has 0 saturated carbocycles. The zero-order chi connectivity index (χ0) is 16.3. The van der Waals surface area contributed by atoms with Gasteiger partial charge in [0.1, 0.15) is 0 Å². The largest absolute Gasteiger partial charge is 0.396 e. The van der Waals surface area contributed by atoms with Crippen LogP contribution in [0.5, 0.6) is 0 Å². The monoisotopic (exact) mass is 310 g/mol. The smallest absolute Gasteiger partial charge is 0.0465 e. The first-order valence-corrected chi connectivity index (χ1v) is 10.1. The van der Waals surface area contributed by atoms with Crippen LogP contribution in [0.3, 0.4) is 0 Å². The van der Waals surface area contributed by atoms with Crippen LogP contribution >= 0.6 is 0 Å². The molecule has 1 nitrogen and oxygen atoms in total. The lowest BCUT2D eigenvalue weighted by atomic mass is 9.92. The number of allylic oxidation sites excluding steroid dienone is 1. The summed E-state index contributed by atoms with van der Waals surface area (Å²) in [6, 6.07) is 0. The molecule has 0 rings (SSSR count). The van der Waals surface area contributed by atoms with E-state index in [4.69, 9.17) is 5.11 Å². The molecule has 0 aliphatic carbocycles. The van der Waals surface area contributed by atoms with Crippen molar-refractivity contribution in [2.45, 2.75) is 110 Å². The predicted molar refractivity (Wildman–Crippen MR) is 100 cm³/mol. The summed E-state index contributed by atoms with van der Waals surface area (Å²) in [5.41, 5.74) is 0. The Morgan fingerprint density at radius 2 is 1.23 bits per heavy atom. The fourth-order valence-electron chi connectivity index (χ4n) is 3.10. The van der Waals surface area contributed by atoms with E-state index < -0.39 is 0 Å². The lowest BCUT2D eigenvalue weighted by Gasteiger charge is -2.14. The maximum absolute atomic E-state index is 8.81. The van der Waals surface area contributed by atoms with Gasteiger partial charge >= 0.3 is 0 Å². The molecule has 0 bridgehead atoms. The average Bonchev–Trinajstić information content (AvgIpc) is 2.54. The van der Waals surface area contributed by atoms with Crippen molar-refractivity contribution in [2.75, 3.05) is 6.61 Å². The minimum absolute atomic E-state index is 0.286.